The number of hydrogen-bond donors (Lipinski definition) is 1. The van der Waals surface area contributed by atoms with Gasteiger partial charge in [0.05, 0.1) is 0 Å². The van der Waals surface area contributed by atoms with E-state index in [1.807, 2.05) is 0 Å². The van der Waals surface area contributed by atoms with Crippen molar-refractivity contribution in [1.29, 1.82) is 0 Å². The van der Waals surface area contributed by atoms with E-state index in [0.717, 1.165) is 10.3 Å². The lowest BCUT2D eigenvalue weighted by Gasteiger charge is -1.92. The number of rotatable bonds is 2. The van der Waals surface area contributed by atoms with Crippen molar-refractivity contribution in [3.05, 3.63) is 30.1 Å². The lowest BCUT2D eigenvalue weighted by Crippen LogP contribution is -2.28. The molecular weight excluding hydrogens is 142 g/mol. The first-order chi connectivity index (χ1) is 5.18. The van der Waals surface area contributed by atoms with Crippen LogP contribution in [0.3, 0.4) is 0 Å². The highest BCUT2D eigenvalue weighted by molar-refractivity contribution is 5.77. The average molecular weight is 152 g/mol. The molecule has 0 amide bonds. The van der Waals surface area contributed by atoms with Gasteiger partial charge in [0.1, 0.15) is 5.78 Å². The largest absolute Gasteiger partial charge is 0.300 e. The SMILES string of the molecule is CC(=O)Cc1cc[n+](O)cc1. The van der Waals surface area contributed by atoms with E-state index in [1.54, 1.807) is 19.1 Å². The minimum Gasteiger partial charge on any atom is -0.300 e. The molecule has 0 unspecified atom stereocenters. The van der Waals surface area contributed by atoms with Gasteiger partial charge in [0, 0.05) is 23.3 Å². The van der Waals surface area contributed by atoms with Gasteiger partial charge in [-0.3, -0.25) is 10.0 Å². The van der Waals surface area contributed by atoms with E-state index < -0.39 is 0 Å². The van der Waals surface area contributed by atoms with Crippen LogP contribution in [0.5, 0.6) is 0 Å². The molecule has 0 fully saturated rings. The molecule has 58 valence electrons. The summed E-state index contributed by atoms with van der Waals surface area (Å²) >= 11 is 0. The fraction of sp³-hybridized carbons (Fsp3) is 0.250. The molecule has 1 heterocycles. The lowest BCUT2D eigenvalue weighted by atomic mass is 10.1. The Bertz CT molecular complexity index is 253. The first-order valence-corrected chi connectivity index (χ1v) is 3.37. The topological polar surface area (TPSA) is 41.2 Å². The molecule has 0 saturated carbocycles. The molecule has 3 nitrogen and oxygen atoms in total. The van der Waals surface area contributed by atoms with Gasteiger partial charge in [-0.1, -0.05) is 0 Å². The minimum atomic E-state index is 0.126. The van der Waals surface area contributed by atoms with Gasteiger partial charge in [0.2, 0.25) is 12.4 Å². The second kappa shape index (κ2) is 3.14. The van der Waals surface area contributed by atoms with Crippen molar-refractivity contribution in [2.24, 2.45) is 0 Å². The number of Topliss-reactive ketones (excluding diaryl/α,β-unsaturated/α-hetero) is 1. The fourth-order valence-corrected chi connectivity index (χ4v) is 0.855. The molecule has 0 saturated heterocycles. The lowest BCUT2D eigenvalue weighted by molar-refractivity contribution is -0.904. The molecular formula is C8H10NO2+. The summed E-state index contributed by atoms with van der Waals surface area (Å²) in [6.07, 6.45) is 3.43. The van der Waals surface area contributed by atoms with Gasteiger partial charge in [-0.25, -0.2) is 0 Å². The van der Waals surface area contributed by atoms with Crippen LogP contribution in [0.4, 0.5) is 0 Å². The molecule has 0 aromatic carbocycles. The van der Waals surface area contributed by atoms with Crippen LogP contribution >= 0.6 is 0 Å². The van der Waals surface area contributed by atoms with Crippen molar-refractivity contribution in [2.45, 2.75) is 13.3 Å². The summed E-state index contributed by atoms with van der Waals surface area (Å²) in [5.74, 6) is 0.126. The predicted octanol–water partition coefficient (Wildman–Crippen LogP) is 0.343. The molecule has 0 spiro atoms. The quantitative estimate of drug-likeness (QED) is 0.490. The summed E-state index contributed by atoms with van der Waals surface area (Å²) in [4.78, 5) is 10.6. The minimum absolute atomic E-state index is 0.126. The normalized spacial score (nSPS) is 9.55. The Hall–Kier alpha value is -1.38. The van der Waals surface area contributed by atoms with E-state index in [2.05, 4.69) is 0 Å². The summed E-state index contributed by atoms with van der Waals surface area (Å²) < 4.78 is 0.948. The maximum absolute atomic E-state index is 10.6. The number of carbonyl (C=O) groups excluding carboxylic acids is 1. The van der Waals surface area contributed by atoms with Crippen LogP contribution in [0.2, 0.25) is 0 Å². The Morgan fingerprint density at radius 3 is 2.55 bits per heavy atom. The Kier molecular flexibility index (Phi) is 2.21. The maximum atomic E-state index is 10.6. The summed E-state index contributed by atoms with van der Waals surface area (Å²) in [5, 5.41) is 8.82. The van der Waals surface area contributed by atoms with Gasteiger partial charge < -0.3 is 0 Å². The standard InChI is InChI=1S/C8H10NO2/c1-7(10)6-8-2-4-9(11)5-3-8/h2-5,11H,6H2,1H3/q+1. The van der Waals surface area contributed by atoms with Crippen molar-refractivity contribution >= 4 is 5.78 Å². The Morgan fingerprint density at radius 2 is 2.09 bits per heavy atom. The van der Waals surface area contributed by atoms with Crippen LogP contribution in [0.15, 0.2) is 24.5 Å². The Balaban J connectivity index is 2.74. The van der Waals surface area contributed by atoms with Crippen LogP contribution in [0, 0.1) is 0 Å². The molecule has 0 bridgehead atoms. The van der Waals surface area contributed by atoms with E-state index in [9.17, 15) is 4.79 Å². The van der Waals surface area contributed by atoms with E-state index in [1.165, 1.54) is 12.4 Å². The second-order valence-electron chi connectivity index (χ2n) is 2.47. The van der Waals surface area contributed by atoms with Gasteiger partial charge >= 0.3 is 0 Å². The van der Waals surface area contributed by atoms with Crippen LogP contribution in [0.1, 0.15) is 12.5 Å². The number of nitrogens with zero attached hydrogens (tertiary/aromatic N) is 1. The molecule has 1 aromatic heterocycles. The first-order valence-electron chi connectivity index (χ1n) is 3.37. The number of aromatic nitrogens is 1. The third-order valence-corrected chi connectivity index (χ3v) is 1.34. The van der Waals surface area contributed by atoms with Crippen molar-refractivity contribution in [1.82, 2.24) is 0 Å². The van der Waals surface area contributed by atoms with Crippen molar-refractivity contribution in [3.8, 4) is 0 Å². The summed E-state index contributed by atoms with van der Waals surface area (Å²) in [5.41, 5.74) is 0.919. The van der Waals surface area contributed by atoms with Gasteiger partial charge in [-0.05, 0) is 12.5 Å². The highest BCUT2D eigenvalue weighted by Gasteiger charge is 1.99. The van der Waals surface area contributed by atoms with Crippen LogP contribution in [-0.2, 0) is 11.2 Å². The third-order valence-electron chi connectivity index (χ3n) is 1.34. The fourth-order valence-electron chi connectivity index (χ4n) is 0.855. The average Bonchev–Trinajstić information content (AvgIpc) is 1.93. The number of carbonyl (C=O) groups is 1. The zero-order valence-electron chi connectivity index (χ0n) is 6.32. The van der Waals surface area contributed by atoms with Crippen LogP contribution < -0.4 is 4.73 Å². The molecule has 0 radical (unpaired) electrons. The molecule has 11 heavy (non-hydrogen) atoms. The zero-order valence-corrected chi connectivity index (χ0v) is 6.32. The van der Waals surface area contributed by atoms with Crippen LogP contribution in [0.25, 0.3) is 0 Å². The molecule has 1 aromatic rings. The maximum Gasteiger partial charge on any atom is 0.222 e. The van der Waals surface area contributed by atoms with E-state index in [-0.39, 0.29) is 5.78 Å². The van der Waals surface area contributed by atoms with Crippen LogP contribution in [-0.4, -0.2) is 11.0 Å². The number of hydrogen-bond acceptors (Lipinski definition) is 2. The molecule has 0 atom stereocenters. The van der Waals surface area contributed by atoms with Gasteiger partial charge in [-0.2, -0.15) is 0 Å². The third kappa shape index (κ3) is 2.37. The molecule has 0 aliphatic heterocycles. The molecule has 3 heteroatoms. The van der Waals surface area contributed by atoms with E-state index in [0.29, 0.717) is 6.42 Å². The Labute approximate surface area is 64.9 Å². The zero-order chi connectivity index (χ0) is 8.27. The van der Waals surface area contributed by atoms with Crippen molar-refractivity contribution in [3.63, 3.8) is 0 Å². The summed E-state index contributed by atoms with van der Waals surface area (Å²) in [7, 11) is 0. The monoisotopic (exact) mass is 152 g/mol. The predicted molar refractivity (Wildman–Crippen MR) is 38.2 cm³/mol. The molecule has 0 aliphatic carbocycles. The van der Waals surface area contributed by atoms with E-state index >= 15 is 0 Å². The number of pyridine rings is 1. The summed E-state index contributed by atoms with van der Waals surface area (Å²) in [6.45, 7) is 1.54. The second-order valence-corrected chi connectivity index (χ2v) is 2.47. The molecule has 1 rings (SSSR count). The van der Waals surface area contributed by atoms with Gasteiger partial charge in [-0.15, -0.1) is 0 Å². The van der Waals surface area contributed by atoms with Gasteiger partial charge in [0.25, 0.3) is 0 Å². The molecule has 1 N–H and O–H groups in total. The van der Waals surface area contributed by atoms with Gasteiger partial charge in [0.15, 0.2) is 0 Å². The highest BCUT2D eigenvalue weighted by Crippen LogP contribution is 1.96. The summed E-state index contributed by atoms with van der Waals surface area (Å²) in [6, 6.07) is 3.42. The first kappa shape index (κ1) is 7.72. The molecule has 0 aliphatic rings. The van der Waals surface area contributed by atoms with E-state index in [4.69, 9.17) is 5.21 Å². The number of ketones is 1. The van der Waals surface area contributed by atoms with Crippen molar-refractivity contribution < 1.29 is 14.7 Å². The highest BCUT2D eigenvalue weighted by atomic mass is 16.5. The Morgan fingerprint density at radius 1 is 1.55 bits per heavy atom. The van der Waals surface area contributed by atoms with Crippen molar-refractivity contribution in [2.75, 3.05) is 0 Å². The smallest absolute Gasteiger partial charge is 0.222 e.